The van der Waals surface area contributed by atoms with Crippen LogP contribution in [-0.2, 0) is 12.0 Å². The molecule has 3 heteroatoms. The maximum absolute atomic E-state index is 4.83. The van der Waals surface area contributed by atoms with Crippen molar-refractivity contribution >= 4 is 29.0 Å². The van der Waals surface area contributed by atoms with E-state index in [-0.39, 0.29) is 0 Å². The fourth-order valence-corrected chi connectivity index (χ4v) is 6.91. The highest BCUT2D eigenvalue weighted by molar-refractivity contribution is 5.96. The summed E-state index contributed by atoms with van der Waals surface area (Å²) in [5, 5.41) is 3.75. The minimum Gasteiger partial charge on any atom is -0.381 e. The zero-order valence-electron chi connectivity index (χ0n) is 22.7. The first-order valence-corrected chi connectivity index (χ1v) is 14.2. The summed E-state index contributed by atoms with van der Waals surface area (Å²) in [6, 6.07) is 45.8. The van der Waals surface area contributed by atoms with Crippen LogP contribution >= 0.6 is 0 Å². The molecule has 3 nitrogen and oxygen atoms in total. The monoisotopic (exact) mass is 527 g/mol. The second-order valence-corrected chi connectivity index (χ2v) is 10.8. The number of aliphatic imine (C=N–C) groups is 1. The van der Waals surface area contributed by atoms with Crippen LogP contribution in [0.15, 0.2) is 150 Å². The molecule has 41 heavy (non-hydrogen) atoms. The molecule has 0 aromatic heterocycles. The van der Waals surface area contributed by atoms with Crippen molar-refractivity contribution in [2.75, 3.05) is 11.4 Å². The molecule has 0 radical (unpaired) electrons. The summed E-state index contributed by atoms with van der Waals surface area (Å²) in [4.78, 5) is 7.24. The molecule has 196 valence electrons. The Morgan fingerprint density at radius 1 is 0.707 bits per heavy atom. The molecule has 2 heterocycles. The standard InChI is InChI=1S/C38H29N3/c1-3-12-27(13-4-1)25-39-26-28-21-22-30-34(24-28)38(33-18-11-23-40-37(30)33)31-16-7-9-19-35(31)41(29-14-5-2-6-15-29)36-20-10-8-17-32(36)38/h1-22,24-25,40H,23,26H2/b39-25+. The topological polar surface area (TPSA) is 27.6 Å². The van der Waals surface area contributed by atoms with E-state index in [1.165, 1.54) is 50.5 Å². The second kappa shape index (κ2) is 9.50. The molecule has 2 aliphatic heterocycles. The second-order valence-electron chi connectivity index (χ2n) is 10.8. The fourth-order valence-electron chi connectivity index (χ4n) is 6.91. The van der Waals surface area contributed by atoms with E-state index < -0.39 is 5.41 Å². The third kappa shape index (κ3) is 3.56. The summed E-state index contributed by atoms with van der Waals surface area (Å²) in [5.74, 6) is 0. The van der Waals surface area contributed by atoms with Gasteiger partial charge in [-0.25, -0.2) is 0 Å². The first-order chi connectivity index (χ1) is 20.4. The summed E-state index contributed by atoms with van der Waals surface area (Å²) >= 11 is 0. The third-order valence-corrected chi connectivity index (χ3v) is 8.54. The van der Waals surface area contributed by atoms with Gasteiger partial charge in [0.05, 0.1) is 23.3 Å². The van der Waals surface area contributed by atoms with E-state index in [0.29, 0.717) is 6.54 Å². The number of fused-ring (bicyclic) bond motifs is 8. The van der Waals surface area contributed by atoms with Gasteiger partial charge in [-0.1, -0.05) is 115 Å². The number of rotatable bonds is 4. The molecule has 0 amide bonds. The SMILES string of the molecule is C1=CC2=C(NC1)c1ccc(C/N=C/c3ccccc3)cc1C21c2ccccc2N(c2ccccc2)c2ccccc21. The summed E-state index contributed by atoms with van der Waals surface area (Å²) in [5.41, 5.74) is 13.2. The predicted octanol–water partition coefficient (Wildman–Crippen LogP) is 8.31. The summed E-state index contributed by atoms with van der Waals surface area (Å²) < 4.78 is 0. The minimum atomic E-state index is -0.438. The molecule has 3 aliphatic rings. The zero-order chi connectivity index (χ0) is 27.2. The highest BCUT2D eigenvalue weighted by Gasteiger charge is 2.52. The van der Waals surface area contributed by atoms with Crippen LogP contribution in [-0.4, -0.2) is 12.8 Å². The lowest BCUT2D eigenvalue weighted by Gasteiger charge is -2.45. The van der Waals surface area contributed by atoms with Crippen molar-refractivity contribution in [2.24, 2.45) is 4.99 Å². The molecule has 5 aromatic carbocycles. The number of dihydropyridines is 1. The largest absolute Gasteiger partial charge is 0.381 e. The van der Waals surface area contributed by atoms with Crippen LogP contribution in [0.2, 0.25) is 0 Å². The van der Waals surface area contributed by atoms with E-state index in [0.717, 1.165) is 17.8 Å². The van der Waals surface area contributed by atoms with Gasteiger partial charge in [0.2, 0.25) is 0 Å². The Morgan fingerprint density at radius 2 is 1.37 bits per heavy atom. The lowest BCUT2D eigenvalue weighted by molar-refractivity contribution is 0.739. The number of nitrogens with one attached hydrogen (secondary N) is 1. The lowest BCUT2D eigenvalue weighted by Crippen LogP contribution is -2.37. The van der Waals surface area contributed by atoms with Crippen molar-refractivity contribution < 1.29 is 0 Å². The number of hydrogen-bond donors (Lipinski definition) is 1. The van der Waals surface area contributed by atoms with Gasteiger partial charge in [0.25, 0.3) is 0 Å². The van der Waals surface area contributed by atoms with Crippen molar-refractivity contribution in [3.8, 4) is 0 Å². The maximum Gasteiger partial charge on any atom is 0.0769 e. The normalized spacial score (nSPS) is 15.9. The first kappa shape index (κ1) is 23.7. The minimum absolute atomic E-state index is 0.438. The van der Waals surface area contributed by atoms with Gasteiger partial charge < -0.3 is 10.2 Å². The van der Waals surface area contributed by atoms with E-state index in [1.54, 1.807) is 0 Å². The highest BCUT2D eigenvalue weighted by Crippen LogP contribution is 2.62. The van der Waals surface area contributed by atoms with Crippen molar-refractivity contribution in [3.05, 3.63) is 178 Å². The molecule has 0 saturated heterocycles. The Balaban J connectivity index is 1.36. The van der Waals surface area contributed by atoms with E-state index >= 15 is 0 Å². The highest BCUT2D eigenvalue weighted by atomic mass is 15.2. The van der Waals surface area contributed by atoms with Crippen LogP contribution in [0.1, 0.15) is 33.4 Å². The number of benzene rings is 5. The molecule has 0 saturated carbocycles. The van der Waals surface area contributed by atoms with Gasteiger partial charge in [0.15, 0.2) is 0 Å². The Bertz CT molecular complexity index is 1820. The van der Waals surface area contributed by atoms with Crippen molar-refractivity contribution in [1.82, 2.24) is 5.32 Å². The van der Waals surface area contributed by atoms with Gasteiger partial charge in [0.1, 0.15) is 0 Å². The molecule has 0 bridgehead atoms. The molecule has 8 rings (SSSR count). The molecular formula is C38H29N3. The number of nitrogens with zero attached hydrogens (tertiary/aromatic N) is 2. The molecular weight excluding hydrogens is 498 g/mol. The third-order valence-electron chi connectivity index (χ3n) is 8.54. The van der Waals surface area contributed by atoms with Crippen molar-refractivity contribution in [2.45, 2.75) is 12.0 Å². The van der Waals surface area contributed by atoms with E-state index in [4.69, 9.17) is 4.99 Å². The Hall–Kier alpha value is -5.15. The molecule has 1 spiro atoms. The number of anilines is 3. The van der Waals surface area contributed by atoms with Gasteiger partial charge in [-0.3, -0.25) is 4.99 Å². The smallest absolute Gasteiger partial charge is 0.0769 e. The Kier molecular flexibility index (Phi) is 5.49. The van der Waals surface area contributed by atoms with Crippen LogP contribution < -0.4 is 10.2 Å². The lowest BCUT2D eigenvalue weighted by atomic mass is 9.63. The number of allylic oxidation sites excluding steroid dienone is 2. The molecule has 5 aromatic rings. The van der Waals surface area contributed by atoms with Crippen molar-refractivity contribution in [1.29, 1.82) is 0 Å². The fraction of sp³-hybridized carbons (Fsp3) is 0.0789. The van der Waals surface area contributed by atoms with Crippen LogP contribution in [0.25, 0.3) is 5.70 Å². The van der Waals surface area contributed by atoms with E-state index in [1.807, 2.05) is 24.4 Å². The van der Waals surface area contributed by atoms with E-state index in [9.17, 15) is 0 Å². The maximum atomic E-state index is 4.83. The molecule has 0 unspecified atom stereocenters. The summed E-state index contributed by atoms with van der Waals surface area (Å²) in [6.07, 6.45) is 6.58. The van der Waals surface area contributed by atoms with Gasteiger partial charge in [-0.2, -0.15) is 0 Å². The van der Waals surface area contributed by atoms with E-state index in [2.05, 4.69) is 132 Å². The molecule has 1 N–H and O–H groups in total. The van der Waals surface area contributed by atoms with Crippen LogP contribution in [0, 0.1) is 0 Å². The molecule has 0 fully saturated rings. The predicted molar refractivity (Wildman–Crippen MR) is 169 cm³/mol. The zero-order valence-corrected chi connectivity index (χ0v) is 22.7. The number of para-hydroxylation sites is 3. The van der Waals surface area contributed by atoms with Gasteiger partial charge >= 0.3 is 0 Å². The Morgan fingerprint density at radius 3 is 2.10 bits per heavy atom. The quantitative estimate of drug-likeness (QED) is 0.238. The molecule has 1 aliphatic carbocycles. The van der Waals surface area contributed by atoms with Gasteiger partial charge in [-0.15, -0.1) is 0 Å². The summed E-state index contributed by atoms with van der Waals surface area (Å²) in [7, 11) is 0. The molecule has 0 atom stereocenters. The van der Waals surface area contributed by atoms with Gasteiger partial charge in [0, 0.05) is 29.7 Å². The van der Waals surface area contributed by atoms with Crippen LogP contribution in [0.4, 0.5) is 17.1 Å². The van der Waals surface area contributed by atoms with Crippen LogP contribution in [0.5, 0.6) is 0 Å². The van der Waals surface area contributed by atoms with Crippen LogP contribution in [0.3, 0.4) is 0 Å². The summed E-state index contributed by atoms with van der Waals surface area (Å²) in [6.45, 7) is 1.46. The first-order valence-electron chi connectivity index (χ1n) is 14.2. The average Bonchev–Trinajstić information content (AvgIpc) is 3.33. The average molecular weight is 528 g/mol. The Labute approximate surface area is 240 Å². The van der Waals surface area contributed by atoms with Crippen molar-refractivity contribution in [3.63, 3.8) is 0 Å². The number of hydrogen-bond acceptors (Lipinski definition) is 3. The van der Waals surface area contributed by atoms with Gasteiger partial charge in [-0.05, 0) is 57.7 Å².